The number of fused-ring (bicyclic) bond motifs is 4. The predicted octanol–water partition coefficient (Wildman–Crippen LogP) is 8.25. The fourth-order valence-electron chi connectivity index (χ4n) is 11.7. The van der Waals surface area contributed by atoms with Gasteiger partial charge < -0.3 is 48.6 Å². The lowest BCUT2D eigenvalue weighted by Gasteiger charge is -2.31. The van der Waals surface area contributed by atoms with Gasteiger partial charge in [0.1, 0.15) is 25.6 Å². The molecule has 2 spiro atoms. The standard InChI is InChI=1S/C61H75N5O14/c1-8-21-78-53(68)28-43(37(3)4)54(69)62-39(6)49(67)26-40-13-15-41(16-14-40)34-80-59(74)66-47-30-50(38(5)25-44(47)56(71)65-36-61(19-20-61)32-48(65)57(66)72)76-23-11-10-12-24-77-52-29-46-45(27-51(52)75-7)55(70)64-35-60(17-18-60)31-42(64)33-63(46)58(73)79-22-9-2/h8-9,13-16,25,27,29-30,37,39,42-43,48,57,72H,1-2,10-12,17-24,26,28,31-36H2,3-7H3,(H,62,69)/t39-,42-,43-,48-,57?/m0/s1. The van der Waals surface area contributed by atoms with Gasteiger partial charge in [0, 0.05) is 38.2 Å². The second kappa shape index (κ2) is 24.1. The Morgan fingerprint density at radius 2 is 1.36 bits per heavy atom. The molecule has 4 aliphatic heterocycles. The Kier molecular flexibility index (Phi) is 17.3. The zero-order valence-electron chi connectivity index (χ0n) is 46.6. The lowest BCUT2D eigenvalue weighted by Crippen LogP contribution is -2.50. The molecule has 80 heavy (non-hydrogen) atoms. The molecule has 0 bridgehead atoms. The van der Waals surface area contributed by atoms with Crippen LogP contribution in [0.4, 0.5) is 21.0 Å². The van der Waals surface area contributed by atoms with Crippen LogP contribution in [0.3, 0.4) is 0 Å². The van der Waals surface area contributed by atoms with Gasteiger partial charge in [-0.05, 0) is 117 Å². The van der Waals surface area contributed by atoms with E-state index < -0.39 is 48.3 Å². The number of anilines is 2. The fraction of sp³-hybridized carbons (Fsp3) is 0.525. The predicted molar refractivity (Wildman–Crippen MR) is 296 cm³/mol. The maximum atomic E-state index is 14.3. The molecule has 5 atom stereocenters. The first-order chi connectivity index (χ1) is 38.4. The number of aryl methyl sites for hydroxylation is 1. The van der Waals surface area contributed by atoms with Crippen molar-refractivity contribution in [3.05, 3.63) is 102 Å². The quantitative estimate of drug-likeness (QED) is 0.0395. The van der Waals surface area contributed by atoms with Crippen LogP contribution < -0.4 is 29.3 Å². The Bertz CT molecular complexity index is 2900. The van der Waals surface area contributed by atoms with E-state index in [1.165, 1.54) is 29.1 Å². The number of nitrogens with zero attached hydrogens (tertiary/aromatic N) is 4. The summed E-state index contributed by atoms with van der Waals surface area (Å²) in [5, 5.41) is 14.8. The Hall–Kier alpha value is -7.41. The largest absolute Gasteiger partial charge is 0.493 e. The van der Waals surface area contributed by atoms with Crippen molar-refractivity contribution in [2.45, 2.75) is 129 Å². The molecule has 5 amide bonds. The van der Waals surface area contributed by atoms with E-state index >= 15 is 0 Å². The molecule has 2 aliphatic carbocycles. The number of ether oxygens (including phenoxy) is 6. The van der Waals surface area contributed by atoms with E-state index in [4.69, 9.17) is 28.4 Å². The van der Waals surface area contributed by atoms with E-state index in [0.717, 1.165) is 32.1 Å². The van der Waals surface area contributed by atoms with Gasteiger partial charge in [-0.3, -0.25) is 28.9 Å². The average molecular weight is 1100 g/mol. The number of hydrogen-bond acceptors (Lipinski definition) is 14. The summed E-state index contributed by atoms with van der Waals surface area (Å²) in [5.74, 6) is -1.23. The molecule has 0 aromatic heterocycles. The third-order valence-electron chi connectivity index (χ3n) is 16.7. The summed E-state index contributed by atoms with van der Waals surface area (Å²) >= 11 is 0. The Morgan fingerprint density at radius 1 is 0.750 bits per heavy atom. The molecule has 428 valence electrons. The van der Waals surface area contributed by atoms with Gasteiger partial charge in [0.05, 0.1) is 73.3 Å². The molecule has 4 heterocycles. The van der Waals surface area contributed by atoms with Crippen LogP contribution in [-0.4, -0.2) is 134 Å². The third kappa shape index (κ3) is 12.5. The second-order valence-electron chi connectivity index (χ2n) is 22.9. The number of hydrogen-bond donors (Lipinski definition) is 2. The number of rotatable bonds is 23. The molecule has 0 radical (unpaired) electrons. The van der Waals surface area contributed by atoms with E-state index in [2.05, 4.69) is 18.5 Å². The summed E-state index contributed by atoms with van der Waals surface area (Å²) in [5.41, 5.74) is 3.23. The van der Waals surface area contributed by atoms with Gasteiger partial charge in [-0.25, -0.2) is 14.5 Å². The maximum absolute atomic E-state index is 14.3. The number of esters is 1. The zero-order chi connectivity index (χ0) is 57.0. The molecule has 6 aliphatic rings. The molecule has 3 aromatic rings. The van der Waals surface area contributed by atoms with Gasteiger partial charge in [0.25, 0.3) is 11.8 Å². The number of unbranched alkanes of at least 4 members (excludes halogenated alkanes) is 2. The molecule has 2 N–H and O–H groups in total. The van der Waals surface area contributed by atoms with E-state index in [1.54, 1.807) is 60.4 Å². The maximum Gasteiger partial charge on any atom is 0.416 e. The number of methoxy groups -OCH3 is 1. The minimum absolute atomic E-state index is 0.0194. The van der Waals surface area contributed by atoms with Crippen molar-refractivity contribution in [2.24, 2.45) is 22.7 Å². The van der Waals surface area contributed by atoms with Crippen molar-refractivity contribution in [1.82, 2.24) is 15.1 Å². The molecular weight excluding hydrogens is 1030 g/mol. The number of aliphatic hydroxyl groups excluding tert-OH is 1. The van der Waals surface area contributed by atoms with Crippen molar-refractivity contribution in [3.63, 3.8) is 0 Å². The number of amides is 5. The van der Waals surface area contributed by atoms with E-state index in [0.29, 0.717) is 104 Å². The number of carbonyl (C=O) groups is 7. The highest BCUT2D eigenvalue weighted by Crippen LogP contribution is 2.58. The minimum Gasteiger partial charge on any atom is -0.493 e. The highest BCUT2D eigenvalue weighted by atomic mass is 16.6. The Morgan fingerprint density at radius 3 is 2.02 bits per heavy atom. The molecule has 2 saturated heterocycles. The van der Waals surface area contributed by atoms with Crippen molar-refractivity contribution < 1.29 is 67.1 Å². The number of aliphatic hydroxyl groups is 1. The van der Waals surface area contributed by atoms with Crippen LogP contribution in [0.1, 0.15) is 122 Å². The molecule has 19 heteroatoms. The fourth-order valence-corrected chi connectivity index (χ4v) is 11.7. The topological polar surface area (TPSA) is 220 Å². The molecule has 19 nitrogen and oxygen atoms in total. The summed E-state index contributed by atoms with van der Waals surface area (Å²) in [7, 11) is 1.51. The highest BCUT2D eigenvalue weighted by molar-refractivity contribution is 6.07. The highest BCUT2D eigenvalue weighted by Gasteiger charge is 2.58. The number of Topliss-reactive ketones (excluding diaryl/α,β-unsaturated/α-hetero) is 1. The number of benzene rings is 3. The molecule has 1 unspecified atom stereocenters. The van der Waals surface area contributed by atoms with Crippen LogP contribution in [0.2, 0.25) is 0 Å². The summed E-state index contributed by atoms with van der Waals surface area (Å²) in [6.07, 6.45) is 7.42. The first kappa shape index (κ1) is 57.3. The zero-order valence-corrected chi connectivity index (χ0v) is 46.6. The third-order valence-corrected chi connectivity index (χ3v) is 16.7. The van der Waals surface area contributed by atoms with Crippen LogP contribution in [0.25, 0.3) is 0 Å². The van der Waals surface area contributed by atoms with Crippen molar-refractivity contribution in [3.8, 4) is 17.2 Å². The molecule has 4 fully saturated rings. The lowest BCUT2D eigenvalue weighted by molar-refractivity contribution is -0.146. The van der Waals surface area contributed by atoms with Gasteiger partial charge in [-0.2, -0.15) is 0 Å². The molecule has 9 rings (SSSR count). The van der Waals surface area contributed by atoms with Gasteiger partial charge in [-0.15, -0.1) is 0 Å². The van der Waals surface area contributed by atoms with Crippen LogP contribution >= 0.6 is 0 Å². The normalized spacial score (nSPS) is 20.6. The van der Waals surface area contributed by atoms with Crippen LogP contribution in [0.5, 0.6) is 17.2 Å². The minimum atomic E-state index is -1.40. The first-order valence-electron chi connectivity index (χ1n) is 28.0. The van der Waals surface area contributed by atoms with Gasteiger partial charge in [-0.1, -0.05) is 63.4 Å². The second-order valence-corrected chi connectivity index (χ2v) is 22.9. The first-order valence-corrected chi connectivity index (χ1v) is 28.0. The number of carbonyl (C=O) groups excluding carboxylic acids is 7. The van der Waals surface area contributed by atoms with E-state index in [9.17, 15) is 38.7 Å². The molecule has 2 saturated carbocycles. The van der Waals surface area contributed by atoms with Gasteiger partial charge in [0.2, 0.25) is 5.91 Å². The van der Waals surface area contributed by atoms with Crippen LogP contribution in [-0.2, 0) is 41.6 Å². The summed E-state index contributed by atoms with van der Waals surface area (Å²) in [6, 6.07) is 12.0. The SMILES string of the molecule is C=CCOC(=O)C[C@H](C(=O)N[C@@H](C)C(=O)Cc1ccc(COC(=O)N2c3cc(OCCCCCOc4cc5c(cc4OC)C(=O)N4CC6(CC6)C[C@H]4CN5C(=O)OCC=C)c(C)cc3C(=O)N3CC4(CC4)C[C@H]3C2O)cc1)C(C)C. The Balaban J connectivity index is 0.811. The van der Waals surface area contributed by atoms with Crippen LogP contribution in [0, 0.1) is 29.6 Å². The van der Waals surface area contributed by atoms with Gasteiger partial charge >= 0.3 is 18.2 Å². The number of ketones is 1. The van der Waals surface area contributed by atoms with Crippen LogP contribution in [0.15, 0.2) is 73.8 Å². The lowest BCUT2D eigenvalue weighted by atomic mass is 9.91. The summed E-state index contributed by atoms with van der Waals surface area (Å²) in [6.45, 7) is 16.3. The van der Waals surface area contributed by atoms with Crippen molar-refractivity contribution in [1.29, 1.82) is 0 Å². The van der Waals surface area contributed by atoms with Crippen molar-refractivity contribution in [2.75, 3.05) is 63.0 Å². The molecule has 3 aromatic carbocycles. The number of nitrogens with one attached hydrogen (secondary N) is 1. The smallest absolute Gasteiger partial charge is 0.416 e. The molecular formula is C61H75N5O14. The van der Waals surface area contributed by atoms with E-state index in [1.807, 2.05) is 25.7 Å². The Labute approximate surface area is 467 Å². The average Bonchev–Trinajstić information content (AvgIpc) is 4.46. The van der Waals surface area contributed by atoms with E-state index in [-0.39, 0.29) is 84.3 Å². The monoisotopic (exact) mass is 1100 g/mol. The summed E-state index contributed by atoms with van der Waals surface area (Å²) < 4.78 is 34.7. The van der Waals surface area contributed by atoms with Gasteiger partial charge in [0.15, 0.2) is 23.5 Å². The van der Waals surface area contributed by atoms with Crippen molar-refractivity contribution >= 4 is 53.0 Å². The summed E-state index contributed by atoms with van der Waals surface area (Å²) in [4.78, 5) is 101.